The molecule has 2 aromatic carbocycles. The molecular formula is C36H39ClN4O4. The van der Waals surface area contributed by atoms with Crippen LogP contribution < -0.4 is 5.32 Å². The molecule has 4 aromatic rings. The van der Waals surface area contributed by atoms with Crippen molar-refractivity contribution in [3.63, 3.8) is 0 Å². The zero-order valence-electron chi connectivity index (χ0n) is 25.4. The summed E-state index contributed by atoms with van der Waals surface area (Å²) in [4.78, 5) is 50.2. The minimum absolute atomic E-state index is 0.0315. The first-order chi connectivity index (χ1) is 21.9. The number of carbonyl (C=O) groups excluding carboxylic acids is 3. The quantitative estimate of drug-likeness (QED) is 0.251. The molecule has 3 atom stereocenters. The summed E-state index contributed by atoms with van der Waals surface area (Å²) < 4.78 is 5.37. The number of amides is 3. The van der Waals surface area contributed by atoms with Gasteiger partial charge in [0.1, 0.15) is 5.76 Å². The molecule has 0 bridgehead atoms. The number of aryl methyl sites for hydroxylation is 1. The van der Waals surface area contributed by atoms with E-state index >= 15 is 0 Å². The maximum Gasteiger partial charge on any atom is 0.228 e. The number of nitrogens with one attached hydrogen (secondary N) is 2. The highest BCUT2D eigenvalue weighted by atomic mass is 35.5. The topological polar surface area (TPSA) is 98.7 Å². The molecule has 8 nitrogen and oxygen atoms in total. The summed E-state index contributed by atoms with van der Waals surface area (Å²) in [5.74, 6) is -0.623. The van der Waals surface area contributed by atoms with Crippen LogP contribution in [0.2, 0.25) is 5.02 Å². The van der Waals surface area contributed by atoms with E-state index in [9.17, 15) is 14.4 Å². The second kappa shape index (κ2) is 12.4. The van der Waals surface area contributed by atoms with Crippen molar-refractivity contribution in [1.29, 1.82) is 0 Å². The zero-order chi connectivity index (χ0) is 31.0. The molecule has 9 heteroatoms. The summed E-state index contributed by atoms with van der Waals surface area (Å²) >= 11 is 6.48. The summed E-state index contributed by atoms with van der Waals surface area (Å²) in [6.07, 6.45) is 6.95. The van der Waals surface area contributed by atoms with Gasteiger partial charge in [0.05, 0.1) is 24.3 Å². The van der Waals surface area contributed by atoms with Crippen molar-refractivity contribution in [3.05, 3.63) is 94.5 Å². The number of halogens is 1. The molecule has 0 spiro atoms. The fourth-order valence-corrected chi connectivity index (χ4v) is 8.17. The SMILES string of the molecule is O=C(C[C@H]1C[C@H](C(=O)N2CCCCC2)[C@@]2(CCc3ccccc3)c3[nH]c4ccc(Cl)cc4c3CCN2C1=O)NCc1ccco1. The molecule has 2 saturated heterocycles. The third-order valence-corrected chi connectivity index (χ3v) is 10.4. The van der Waals surface area contributed by atoms with Gasteiger partial charge in [-0.15, -0.1) is 0 Å². The first kappa shape index (κ1) is 29.7. The van der Waals surface area contributed by atoms with Gasteiger partial charge in [-0.3, -0.25) is 14.4 Å². The summed E-state index contributed by atoms with van der Waals surface area (Å²) in [7, 11) is 0. The van der Waals surface area contributed by atoms with E-state index in [-0.39, 0.29) is 30.7 Å². The zero-order valence-corrected chi connectivity index (χ0v) is 26.2. The van der Waals surface area contributed by atoms with Crippen molar-refractivity contribution in [2.75, 3.05) is 19.6 Å². The van der Waals surface area contributed by atoms with Crippen LogP contribution in [0, 0.1) is 11.8 Å². The molecular weight excluding hydrogens is 588 g/mol. The van der Waals surface area contributed by atoms with Crippen molar-refractivity contribution < 1.29 is 18.8 Å². The Balaban J connectivity index is 1.30. The van der Waals surface area contributed by atoms with Crippen molar-refractivity contribution in [2.24, 2.45) is 11.8 Å². The van der Waals surface area contributed by atoms with E-state index in [1.807, 2.05) is 46.2 Å². The summed E-state index contributed by atoms with van der Waals surface area (Å²) in [5, 5.41) is 4.62. The van der Waals surface area contributed by atoms with E-state index < -0.39 is 17.4 Å². The Hall–Kier alpha value is -4.04. The van der Waals surface area contributed by atoms with Gasteiger partial charge in [-0.25, -0.2) is 0 Å². The lowest BCUT2D eigenvalue weighted by Crippen LogP contribution is -2.66. The Morgan fingerprint density at radius 2 is 1.84 bits per heavy atom. The van der Waals surface area contributed by atoms with E-state index in [0.717, 1.165) is 60.1 Å². The summed E-state index contributed by atoms with van der Waals surface area (Å²) in [5.41, 5.74) is 3.33. The molecule has 0 unspecified atom stereocenters. The average Bonchev–Trinajstić information content (AvgIpc) is 3.73. The number of rotatable bonds is 8. The minimum atomic E-state index is -0.873. The van der Waals surface area contributed by atoms with Crippen LogP contribution >= 0.6 is 11.6 Å². The van der Waals surface area contributed by atoms with Crippen LogP contribution in [0.4, 0.5) is 0 Å². The molecule has 3 amide bonds. The Labute approximate surface area is 268 Å². The highest BCUT2D eigenvalue weighted by Gasteiger charge is 2.59. The molecule has 0 radical (unpaired) electrons. The number of hydrogen-bond acceptors (Lipinski definition) is 4. The molecule has 0 aliphatic carbocycles. The van der Waals surface area contributed by atoms with Crippen molar-refractivity contribution >= 4 is 40.2 Å². The molecule has 2 aromatic heterocycles. The van der Waals surface area contributed by atoms with E-state index in [0.29, 0.717) is 43.0 Å². The lowest BCUT2D eigenvalue weighted by Gasteiger charge is -2.56. The molecule has 2 fully saturated rings. The van der Waals surface area contributed by atoms with Gasteiger partial charge in [0, 0.05) is 53.6 Å². The van der Waals surface area contributed by atoms with Crippen LogP contribution in [0.1, 0.15) is 61.1 Å². The third-order valence-electron chi connectivity index (χ3n) is 10.2. The molecule has 2 N–H and O–H groups in total. The molecule has 5 heterocycles. The van der Waals surface area contributed by atoms with E-state index in [1.165, 1.54) is 0 Å². The second-order valence-electron chi connectivity index (χ2n) is 12.7. The standard InChI is InChI=1S/C36H39ClN4O4/c37-26-11-12-31-29(22-26)28-14-18-41-34(43)25(21-32(42)38-23-27-10-7-19-45-27)20-30(35(44)40-16-5-2-6-17-40)36(41,33(28)39-31)15-13-24-8-3-1-4-9-24/h1,3-4,7-12,19,22,25,30,39H,2,5-6,13-18,20-21,23H2,(H,38,42)/t25-,30-,36+/m1/s1. The smallest absolute Gasteiger partial charge is 0.228 e. The number of likely N-dealkylation sites (tertiary alicyclic amines) is 1. The van der Waals surface area contributed by atoms with Gasteiger partial charge in [-0.05, 0) is 86.4 Å². The maximum absolute atomic E-state index is 14.8. The summed E-state index contributed by atoms with van der Waals surface area (Å²) in [6.45, 7) is 2.19. The number of furan rings is 1. The van der Waals surface area contributed by atoms with Crippen LogP contribution in [-0.4, -0.2) is 52.1 Å². The van der Waals surface area contributed by atoms with Gasteiger partial charge < -0.3 is 24.5 Å². The number of aromatic amines is 1. The van der Waals surface area contributed by atoms with Crippen LogP contribution in [0.3, 0.4) is 0 Å². The summed E-state index contributed by atoms with van der Waals surface area (Å²) in [6, 6.07) is 19.7. The molecule has 7 rings (SSSR count). The van der Waals surface area contributed by atoms with Crippen LogP contribution in [0.25, 0.3) is 10.9 Å². The van der Waals surface area contributed by atoms with Gasteiger partial charge in [0.25, 0.3) is 0 Å². The first-order valence-electron chi connectivity index (χ1n) is 16.2. The van der Waals surface area contributed by atoms with E-state index in [1.54, 1.807) is 18.4 Å². The third kappa shape index (κ3) is 5.54. The number of fused-ring (bicyclic) bond motifs is 5. The lowest BCUT2D eigenvalue weighted by molar-refractivity contribution is -0.167. The van der Waals surface area contributed by atoms with Crippen molar-refractivity contribution in [2.45, 2.75) is 63.5 Å². The number of piperidine rings is 2. The Morgan fingerprint density at radius 1 is 1.02 bits per heavy atom. The monoisotopic (exact) mass is 626 g/mol. The van der Waals surface area contributed by atoms with Gasteiger partial charge in [-0.1, -0.05) is 41.9 Å². The first-order valence-corrected chi connectivity index (χ1v) is 16.6. The van der Waals surface area contributed by atoms with Gasteiger partial charge in [0.15, 0.2) is 0 Å². The van der Waals surface area contributed by atoms with Gasteiger partial charge in [0.2, 0.25) is 17.7 Å². The fraction of sp³-hybridized carbons (Fsp3) is 0.417. The predicted molar refractivity (Wildman–Crippen MR) is 172 cm³/mol. The molecule has 3 aliphatic heterocycles. The fourth-order valence-electron chi connectivity index (χ4n) is 8.00. The van der Waals surface area contributed by atoms with Gasteiger partial charge >= 0.3 is 0 Å². The van der Waals surface area contributed by atoms with E-state index in [2.05, 4.69) is 22.4 Å². The van der Waals surface area contributed by atoms with Crippen LogP contribution in [0.5, 0.6) is 0 Å². The predicted octanol–water partition coefficient (Wildman–Crippen LogP) is 5.98. The Morgan fingerprint density at radius 3 is 2.62 bits per heavy atom. The highest BCUT2D eigenvalue weighted by molar-refractivity contribution is 6.31. The van der Waals surface area contributed by atoms with Gasteiger partial charge in [-0.2, -0.15) is 0 Å². The number of aromatic nitrogens is 1. The normalized spacial score (nSPS) is 23.1. The van der Waals surface area contributed by atoms with E-state index in [4.69, 9.17) is 16.0 Å². The van der Waals surface area contributed by atoms with Crippen molar-refractivity contribution in [1.82, 2.24) is 20.1 Å². The number of benzene rings is 2. The molecule has 3 aliphatic rings. The Bertz CT molecular complexity index is 1690. The number of nitrogens with zero attached hydrogens (tertiary/aromatic N) is 2. The van der Waals surface area contributed by atoms with Crippen LogP contribution in [-0.2, 0) is 39.3 Å². The molecule has 234 valence electrons. The number of carbonyl (C=O) groups is 3. The second-order valence-corrected chi connectivity index (χ2v) is 13.2. The molecule has 0 saturated carbocycles. The highest BCUT2D eigenvalue weighted by Crippen LogP contribution is 2.53. The lowest BCUT2D eigenvalue weighted by atomic mass is 9.64. The average molecular weight is 627 g/mol. The Kier molecular flexibility index (Phi) is 8.17. The van der Waals surface area contributed by atoms with Crippen LogP contribution in [0.15, 0.2) is 71.3 Å². The van der Waals surface area contributed by atoms with Crippen molar-refractivity contribution in [3.8, 4) is 0 Å². The number of H-pyrrole nitrogens is 1. The molecule has 45 heavy (non-hydrogen) atoms. The number of hydrogen-bond donors (Lipinski definition) is 2. The largest absolute Gasteiger partial charge is 0.467 e. The minimum Gasteiger partial charge on any atom is -0.467 e. The maximum atomic E-state index is 14.8.